The van der Waals surface area contributed by atoms with Crippen molar-refractivity contribution in [1.82, 2.24) is 24.6 Å². The third-order valence-corrected chi connectivity index (χ3v) is 8.83. The van der Waals surface area contributed by atoms with Gasteiger partial charge in [-0.3, -0.25) is 14.2 Å². The Morgan fingerprint density at radius 2 is 1.76 bits per heavy atom. The van der Waals surface area contributed by atoms with E-state index in [9.17, 15) is 9.59 Å². The minimum Gasteiger partial charge on any atom is -0.497 e. The number of hydrogen-bond acceptors (Lipinski definition) is 6. The molecule has 2 amide bonds. The minimum atomic E-state index is -0.0344. The van der Waals surface area contributed by atoms with E-state index in [1.807, 2.05) is 95.6 Å². The highest BCUT2D eigenvalue weighted by atomic mass is 79.9. The van der Waals surface area contributed by atoms with Gasteiger partial charge in [-0.2, -0.15) is 0 Å². The summed E-state index contributed by atoms with van der Waals surface area (Å²) in [7, 11) is 1.65. The molecule has 0 aliphatic carbocycles. The molecule has 1 saturated heterocycles. The fourth-order valence-electron chi connectivity index (χ4n) is 5.07. The molecule has 3 aromatic carbocycles. The van der Waals surface area contributed by atoms with Crippen LogP contribution in [0, 0.1) is 0 Å². The lowest BCUT2D eigenvalue weighted by Crippen LogP contribution is -2.55. The third-order valence-electron chi connectivity index (χ3n) is 7.32. The van der Waals surface area contributed by atoms with Crippen molar-refractivity contribution >= 4 is 39.5 Å². The number of benzene rings is 3. The Balaban J connectivity index is 1.14. The topological polar surface area (TPSA) is 80.6 Å². The largest absolute Gasteiger partial charge is 0.497 e. The molecule has 1 aliphatic rings. The average Bonchev–Trinajstić information content (AvgIpc) is 3.44. The second-order valence-corrected chi connectivity index (χ2v) is 12.2. The quantitative estimate of drug-likeness (QED) is 0.148. The van der Waals surface area contributed by atoms with Crippen molar-refractivity contribution in [2.24, 2.45) is 0 Å². The lowest BCUT2D eigenvalue weighted by Gasteiger charge is -2.40. The maximum Gasteiger partial charge on any atom is 0.254 e. The van der Waals surface area contributed by atoms with Crippen LogP contribution in [0.15, 0.2) is 88.5 Å². The molecule has 0 bridgehead atoms. The second kappa shape index (κ2) is 14.0. The van der Waals surface area contributed by atoms with Crippen LogP contribution in [0.2, 0.25) is 0 Å². The normalized spacial score (nSPS) is 15.1. The van der Waals surface area contributed by atoms with E-state index in [0.717, 1.165) is 51.0 Å². The first-order valence-electron chi connectivity index (χ1n) is 14.1. The first-order chi connectivity index (χ1) is 20.4. The number of hydrogen-bond donors (Lipinski definition) is 0. The van der Waals surface area contributed by atoms with Gasteiger partial charge in [0.15, 0.2) is 11.0 Å². The number of thioether (sulfide) groups is 1. The summed E-state index contributed by atoms with van der Waals surface area (Å²) in [5, 5.41) is 9.83. The Labute approximate surface area is 259 Å². The Kier molecular flexibility index (Phi) is 9.97. The van der Waals surface area contributed by atoms with Crippen LogP contribution in [-0.4, -0.2) is 74.9 Å². The van der Waals surface area contributed by atoms with Crippen LogP contribution in [0.25, 0.3) is 17.1 Å². The van der Waals surface area contributed by atoms with Crippen molar-refractivity contribution < 1.29 is 14.3 Å². The molecule has 1 atom stereocenters. The molecule has 8 nitrogen and oxygen atoms in total. The molecule has 1 aliphatic heterocycles. The van der Waals surface area contributed by atoms with Gasteiger partial charge in [-0.05, 0) is 62.2 Å². The summed E-state index contributed by atoms with van der Waals surface area (Å²) < 4.78 is 8.29. The van der Waals surface area contributed by atoms with Crippen LogP contribution in [0.1, 0.15) is 36.5 Å². The summed E-state index contributed by atoms with van der Waals surface area (Å²) in [5.74, 6) is 2.55. The van der Waals surface area contributed by atoms with Crippen molar-refractivity contribution in [2.45, 2.75) is 37.4 Å². The third kappa shape index (κ3) is 7.04. The summed E-state index contributed by atoms with van der Waals surface area (Å²) in [6, 6.07) is 25.3. The molecule has 5 rings (SSSR count). The van der Waals surface area contributed by atoms with E-state index in [1.54, 1.807) is 18.9 Å². The van der Waals surface area contributed by atoms with Crippen molar-refractivity contribution in [3.8, 4) is 22.8 Å². The zero-order valence-electron chi connectivity index (χ0n) is 23.8. The maximum atomic E-state index is 13.0. The maximum absolute atomic E-state index is 13.0. The van der Waals surface area contributed by atoms with Crippen LogP contribution in [0.4, 0.5) is 0 Å². The molecular weight excluding hydrogens is 614 g/mol. The second-order valence-electron chi connectivity index (χ2n) is 10.2. The van der Waals surface area contributed by atoms with E-state index >= 15 is 0 Å². The monoisotopic (exact) mass is 647 g/mol. The molecule has 2 heterocycles. The lowest BCUT2D eigenvalue weighted by atomic mass is 10.1. The fraction of sp³-hybridized carbons (Fsp3) is 0.312. The van der Waals surface area contributed by atoms with Crippen molar-refractivity contribution in [2.75, 3.05) is 32.5 Å². The van der Waals surface area contributed by atoms with Gasteiger partial charge < -0.3 is 14.5 Å². The molecule has 4 aromatic rings. The molecule has 1 unspecified atom stereocenters. The summed E-state index contributed by atoms with van der Waals surface area (Å²) in [4.78, 5) is 29.8. The summed E-state index contributed by atoms with van der Waals surface area (Å²) >= 11 is 5.08. The van der Waals surface area contributed by atoms with Gasteiger partial charge >= 0.3 is 0 Å². The van der Waals surface area contributed by atoms with E-state index in [1.165, 1.54) is 0 Å². The van der Waals surface area contributed by atoms with Gasteiger partial charge in [0, 0.05) is 59.1 Å². The van der Waals surface area contributed by atoms with Gasteiger partial charge in [0.2, 0.25) is 5.91 Å². The number of piperazine rings is 1. The zero-order valence-corrected chi connectivity index (χ0v) is 26.2. The van der Waals surface area contributed by atoms with Crippen LogP contribution in [-0.2, 0) is 4.79 Å². The molecule has 0 N–H and O–H groups in total. The number of carbonyl (C=O) groups excluding carboxylic acids is 2. The number of amides is 2. The minimum absolute atomic E-state index is 0.00540. The summed E-state index contributed by atoms with van der Waals surface area (Å²) in [5.41, 5.74) is 2.61. The predicted molar refractivity (Wildman–Crippen MR) is 169 cm³/mol. The van der Waals surface area contributed by atoms with E-state index in [4.69, 9.17) is 4.74 Å². The highest BCUT2D eigenvalue weighted by Gasteiger charge is 2.30. The highest BCUT2D eigenvalue weighted by molar-refractivity contribution is 9.10. The van der Waals surface area contributed by atoms with Gasteiger partial charge in [-0.15, -0.1) is 10.2 Å². The number of carbonyl (C=O) groups is 2. The Morgan fingerprint density at radius 1 is 0.976 bits per heavy atom. The van der Waals surface area contributed by atoms with Crippen LogP contribution >= 0.6 is 27.7 Å². The number of methoxy groups -OCH3 is 1. The Morgan fingerprint density at radius 3 is 2.48 bits per heavy atom. The van der Waals surface area contributed by atoms with Crippen LogP contribution in [0.3, 0.4) is 0 Å². The smallest absolute Gasteiger partial charge is 0.254 e. The fourth-order valence-corrected chi connectivity index (χ4v) is 6.42. The van der Waals surface area contributed by atoms with E-state index in [2.05, 4.69) is 30.7 Å². The Hall–Kier alpha value is -3.63. The van der Waals surface area contributed by atoms with E-state index in [0.29, 0.717) is 31.6 Å². The first-order valence-corrected chi connectivity index (χ1v) is 15.8. The summed E-state index contributed by atoms with van der Waals surface area (Å²) in [6.45, 7) is 3.67. The Bertz CT molecular complexity index is 1510. The van der Waals surface area contributed by atoms with Gasteiger partial charge in [-0.25, -0.2) is 0 Å². The summed E-state index contributed by atoms with van der Waals surface area (Å²) in [6.07, 6.45) is 2.16. The van der Waals surface area contributed by atoms with Crippen LogP contribution in [0.5, 0.6) is 5.75 Å². The first kappa shape index (κ1) is 29.8. The molecule has 218 valence electrons. The molecule has 0 saturated carbocycles. The number of nitrogens with zero attached hydrogens (tertiary/aromatic N) is 5. The molecule has 0 spiro atoms. The molecule has 42 heavy (non-hydrogen) atoms. The number of unbranched alkanes of at least 4 members (excludes halogenated alkanes) is 1. The van der Waals surface area contributed by atoms with Crippen LogP contribution < -0.4 is 4.74 Å². The van der Waals surface area contributed by atoms with Gasteiger partial charge in [0.1, 0.15) is 5.75 Å². The molecular formula is C32H34BrN5O3S. The number of halogens is 1. The molecule has 1 fully saturated rings. The zero-order chi connectivity index (χ0) is 29.5. The molecule has 0 radical (unpaired) electrons. The predicted octanol–water partition coefficient (Wildman–Crippen LogP) is 6.34. The van der Waals surface area contributed by atoms with E-state index < -0.39 is 0 Å². The van der Waals surface area contributed by atoms with Crippen molar-refractivity contribution in [1.29, 1.82) is 0 Å². The van der Waals surface area contributed by atoms with Crippen molar-refractivity contribution in [3.05, 3.63) is 88.9 Å². The SMILES string of the molecule is COc1ccc(-n2c(SCCCCC(=O)N3CCN(C(=O)c4cccc(Br)c4)C(C)C3)nnc2-c2ccccc2)cc1. The number of rotatable bonds is 10. The van der Waals surface area contributed by atoms with Gasteiger partial charge in [-0.1, -0.05) is 64.1 Å². The van der Waals surface area contributed by atoms with E-state index in [-0.39, 0.29) is 17.9 Å². The molecule has 1 aromatic heterocycles. The lowest BCUT2D eigenvalue weighted by molar-refractivity contribution is -0.133. The van der Waals surface area contributed by atoms with Gasteiger partial charge in [0.25, 0.3) is 5.91 Å². The average molecular weight is 649 g/mol. The highest BCUT2D eigenvalue weighted by Crippen LogP contribution is 2.29. The number of aromatic nitrogens is 3. The number of ether oxygens (including phenoxy) is 1. The van der Waals surface area contributed by atoms with Gasteiger partial charge in [0.05, 0.1) is 7.11 Å². The standard InChI is InChI=1S/C32H34BrN5O3S/c1-23-22-36(18-19-37(23)31(40)25-11-8-12-26(33)21-25)29(39)13-6-7-20-42-32-35-34-30(24-9-4-3-5-10-24)38(32)27-14-16-28(41-2)17-15-27/h3-5,8-12,14-17,21,23H,6-7,13,18-20,22H2,1-2H3. The molecule has 10 heteroatoms. The van der Waals surface area contributed by atoms with Crippen molar-refractivity contribution in [3.63, 3.8) is 0 Å².